The van der Waals surface area contributed by atoms with Gasteiger partial charge in [-0.3, -0.25) is 9.59 Å². The fraction of sp³-hybridized carbons (Fsp3) is 0.778. The summed E-state index contributed by atoms with van der Waals surface area (Å²) in [7, 11) is 0. The molecular weight excluding hydrogens is 388 g/mol. The van der Waals surface area contributed by atoms with Crippen LogP contribution in [0.1, 0.15) is 122 Å². The molecule has 1 atom stereocenters. The number of ether oxygens (including phenoxy) is 1. The zero-order valence-electron chi connectivity index (χ0n) is 20.1. The smallest absolute Gasteiger partial charge is 0.307 e. The second kappa shape index (κ2) is 23.1. The SMILES string of the molecule is C=CCOC(=O)CC(CCCCCCCCCCCCCCCCC/C=C/C)C(=O)O. The van der Waals surface area contributed by atoms with Gasteiger partial charge in [-0.05, 0) is 26.2 Å². The lowest BCUT2D eigenvalue weighted by Crippen LogP contribution is -2.19. The van der Waals surface area contributed by atoms with Gasteiger partial charge < -0.3 is 9.84 Å². The predicted molar refractivity (Wildman–Crippen MR) is 130 cm³/mol. The second-order valence-electron chi connectivity index (χ2n) is 8.66. The van der Waals surface area contributed by atoms with Crippen LogP contribution in [0.15, 0.2) is 24.8 Å². The summed E-state index contributed by atoms with van der Waals surface area (Å²) in [4.78, 5) is 22.9. The molecule has 0 bridgehead atoms. The summed E-state index contributed by atoms with van der Waals surface area (Å²) in [5.41, 5.74) is 0. The number of aliphatic carboxylic acids is 1. The van der Waals surface area contributed by atoms with Crippen LogP contribution in [-0.4, -0.2) is 23.7 Å². The molecule has 1 unspecified atom stereocenters. The molecule has 0 saturated heterocycles. The van der Waals surface area contributed by atoms with Crippen LogP contribution >= 0.6 is 0 Å². The Morgan fingerprint density at radius 2 is 1.26 bits per heavy atom. The maximum atomic E-state index is 11.6. The minimum absolute atomic E-state index is 0.0419. The van der Waals surface area contributed by atoms with Crippen molar-refractivity contribution >= 4 is 11.9 Å². The predicted octanol–water partition coefficient (Wildman–Crippen LogP) is 8.01. The highest BCUT2D eigenvalue weighted by molar-refractivity contribution is 5.78. The van der Waals surface area contributed by atoms with Crippen molar-refractivity contribution in [2.24, 2.45) is 5.92 Å². The molecule has 4 heteroatoms. The molecule has 31 heavy (non-hydrogen) atoms. The van der Waals surface area contributed by atoms with Gasteiger partial charge in [0.1, 0.15) is 6.61 Å². The van der Waals surface area contributed by atoms with Crippen LogP contribution in [0.4, 0.5) is 0 Å². The first-order valence-corrected chi connectivity index (χ1v) is 12.7. The first kappa shape index (κ1) is 29.4. The Hall–Kier alpha value is -1.58. The summed E-state index contributed by atoms with van der Waals surface area (Å²) in [6, 6.07) is 0. The van der Waals surface area contributed by atoms with E-state index in [0.29, 0.717) is 6.42 Å². The van der Waals surface area contributed by atoms with E-state index in [-0.39, 0.29) is 13.0 Å². The molecule has 1 N–H and O–H groups in total. The van der Waals surface area contributed by atoms with Gasteiger partial charge in [-0.1, -0.05) is 115 Å². The quantitative estimate of drug-likeness (QED) is 0.100. The molecule has 0 aromatic rings. The topological polar surface area (TPSA) is 63.6 Å². The molecule has 0 fully saturated rings. The Morgan fingerprint density at radius 3 is 1.68 bits per heavy atom. The molecule has 0 aliphatic carbocycles. The number of rotatable bonds is 23. The van der Waals surface area contributed by atoms with Crippen LogP contribution in [0.25, 0.3) is 0 Å². The van der Waals surface area contributed by atoms with Gasteiger partial charge in [0.05, 0.1) is 12.3 Å². The van der Waals surface area contributed by atoms with Gasteiger partial charge in [0.2, 0.25) is 0 Å². The summed E-state index contributed by atoms with van der Waals surface area (Å²) in [6.45, 7) is 5.71. The number of carboxylic acid groups (broad SMARTS) is 1. The average molecular weight is 437 g/mol. The van der Waals surface area contributed by atoms with E-state index >= 15 is 0 Å². The molecule has 0 aromatic carbocycles. The Kier molecular flexibility index (Phi) is 21.9. The summed E-state index contributed by atoms with van der Waals surface area (Å²) in [5, 5.41) is 9.26. The molecule has 0 rings (SSSR count). The van der Waals surface area contributed by atoms with E-state index in [0.717, 1.165) is 19.3 Å². The van der Waals surface area contributed by atoms with Crippen molar-refractivity contribution in [3.8, 4) is 0 Å². The minimum atomic E-state index is -0.903. The number of hydrogen-bond donors (Lipinski definition) is 1. The molecule has 180 valence electrons. The average Bonchev–Trinajstić information content (AvgIpc) is 2.75. The fourth-order valence-electron chi connectivity index (χ4n) is 3.84. The van der Waals surface area contributed by atoms with Crippen molar-refractivity contribution in [1.29, 1.82) is 0 Å². The molecule has 0 aliphatic heterocycles. The third-order valence-electron chi connectivity index (χ3n) is 5.78. The zero-order valence-corrected chi connectivity index (χ0v) is 20.1. The lowest BCUT2D eigenvalue weighted by Gasteiger charge is -2.11. The van der Waals surface area contributed by atoms with Crippen LogP contribution < -0.4 is 0 Å². The number of carbonyl (C=O) groups is 2. The van der Waals surface area contributed by atoms with Gasteiger partial charge in [-0.15, -0.1) is 0 Å². The van der Waals surface area contributed by atoms with E-state index in [1.807, 2.05) is 0 Å². The van der Waals surface area contributed by atoms with Gasteiger partial charge in [-0.25, -0.2) is 0 Å². The third-order valence-corrected chi connectivity index (χ3v) is 5.78. The monoisotopic (exact) mass is 436 g/mol. The van der Waals surface area contributed by atoms with Crippen molar-refractivity contribution < 1.29 is 19.4 Å². The Bertz CT molecular complexity index is 470. The Labute approximate surface area is 191 Å². The zero-order chi connectivity index (χ0) is 23.0. The van der Waals surface area contributed by atoms with E-state index in [1.165, 1.54) is 89.5 Å². The van der Waals surface area contributed by atoms with Crippen LogP contribution in [0.5, 0.6) is 0 Å². The summed E-state index contributed by atoms with van der Waals surface area (Å²) >= 11 is 0. The highest BCUT2D eigenvalue weighted by Gasteiger charge is 2.21. The Balaban J connectivity index is 3.40. The summed E-state index contributed by atoms with van der Waals surface area (Å²) in [6.07, 6.45) is 26.9. The number of carbonyl (C=O) groups excluding carboxylic acids is 1. The van der Waals surface area contributed by atoms with Crippen LogP contribution in [0, 0.1) is 5.92 Å². The van der Waals surface area contributed by atoms with Gasteiger partial charge in [0.25, 0.3) is 0 Å². The molecule has 0 spiro atoms. The Morgan fingerprint density at radius 1 is 0.806 bits per heavy atom. The van der Waals surface area contributed by atoms with Crippen molar-refractivity contribution in [3.63, 3.8) is 0 Å². The van der Waals surface area contributed by atoms with Crippen molar-refractivity contribution in [1.82, 2.24) is 0 Å². The van der Waals surface area contributed by atoms with Crippen molar-refractivity contribution in [2.75, 3.05) is 6.61 Å². The number of allylic oxidation sites excluding steroid dienone is 2. The normalized spacial score (nSPS) is 12.2. The van der Waals surface area contributed by atoms with E-state index in [4.69, 9.17) is 4.74 Å². The number of esters is 1. The van der Waals surface area contributed by atoms with Crippen molar-refractivity contribution in [3.05, 3.63) is 24.8 Å². The van der Waals surface area contributed by atoms with E-state index < -0.39 is 17.9 Å². The standard InChI is InChI=1S/C27H48O4/c1-3-5-6-7-8-9-10-11-12-13-14-15-16-17-18-19-20-21-22-25(27(29)30)24-26(28)31-23-4-2/h3-5,25H,2,6-24H2,1H3,(H,29,30)/b5-3+. The number of unbranched alkanes of at least 4 members (excludes halogenated alkanes) is 15. The van der Waals surface area contributed by atoms with E-state index in [2.05, 4.69) is 25.7 Å². The van der Waals surface area contributed by atoms with Crippen LogP contribution in [0.3, 0.4) is 0 Å². The number of carboxylic acids is 1. The van der Waals surface area contributed by atoms with E-state index in [1.54, 1.807) is 0 Å². The fourth-order valence-corrected chi connectivity index (χ4v) is 3.84. The molecular formula is C27H48O4. The van der Waals surface area contributed by atoms with Crippen LogP contribution in [-0.2, 0) is 14.3 Å². The van der Waals surface area contributed by atoms with Crippen molar-refractivity contribution in [2.45, 2.75) is 122 Å². The molecule has 0 aliphatic rings. The molecule has 0 amide bonds. The lowest BCUT2D eigenvalue weighted by atomic mass is 9.97. The second-order valence-corrected chi connectivity index (χ2v) is 8.66. The van der Waals surface area contributed by atoms with Gasteiger partial charge in [0.15, 0.2) is 0 Å². The maximum Gasteiger partial charge on any atom is 0.307 e. The summed E-state index contributed by atoms with van der Waals surface area (Å²) < 4.78 is 4.89. The largest absolute Gasteiger partial charge is 0.481 e. The van der Waals surface area contributed by atoms with E-state index in [9.17, 15) is 14.7 Å². The first-order valence-electron chi connectivity index (χ1n) is 12.7. The molecule has 0 saturated carbocycles. The molecule has 0 aromatic heterocycles. The summed E-state index contributed by atoms with van der Waals surface area (Å²) in [5.74, 6) is -1.98. The minimum Gasteiger partial charge on any atom is -0.481 e. The highest BCUT2D eigenvalue weighted by atomic mass is 16.5. The first-order chi connectivity index (χ1) is 15.1. The van der Waals surface area contributed by atoms with Crippen LogP contribution in [0.2, 0.25) is 0 Å². The van der Waals surface area contributed by atoms with Gasteiger partial charge in [0, 0.05) is 0 Å². The maximum absolute atomic E-state index is 11.6. The molecule has 4 nitrogen and oxygen atoms in total. The number of hydrogen-bond acceptors (Lipinski definition) is 3. The third kappa shape index (κ3) is 21.4. The molecule has 0 heterocycles. The van der Waals surface area contributed by atoms with Gasteiger partial charge >= 0.3 is 11.9 Å². The highest BCUT2D eigenvalue weighted by Crippen LogP contribution is 2.17. The lowest BCUT2D eigenvalue weighted by molar-refractivity contribution is -0.151. The molecule has 0 radical (unpaired) electrons. The van der Waals surface area contributed by atoms with Gasteiger partial charge in [-0.2, -0.15) is 0 Å².